The quantitative estimate of drug-likeness (QED) is 0.395. The largest absolute Gasteiger partial charge is 0.488 e. The van der Waals surface area contributed by atoms with Crippen LogP contribution in [-0.2, 0) is 5.41 Å². The molecule has 156 valence electrons. The van der Waals surface area contributed by atoms with Crippen LogP contribution in [0.25, 0.3) is 27.5 Å². The highest BCUT2D eigenvalue weighted by Gasteiger charge is 2.41. The van der Waals surface area contributed by atoms with Crippen LogP contribution >= 0.6 is 0 Å². The summed E-state index contributed by atoms with van der Waals surface area (Å²) >= 11 is 0. The summed E-state index contributed by atoms with van der Waals surface area (Å²) in [6, 6.07) is 24.3. The van der Waals surface area contributed by atoms with Gasteiger partial charge in [-0.2, -0.15) is 0 Å². The van der Waals surface area contributed by atoms with Crippen molar-refractivity contribution in [2.75, 3.05) is 6.61 Å². The van der Waals surface area contributed by atoms with Gasteiger partial charge in [-0.15, -0.1) is 0 Å². The van der Waals surface area contributed by atoms with Crippen LogP contribution < -0.4 is 4.74 Å². The van der Waals surface area contributed by atoms with Crippen molar-refractivity contribution in [1.82, 2.24) is 0 Å². The minimum absolute atomic E-state index is 0.194. The molecule has 1 N–H and O–H groups in total. The fourth-order valence-electron chi connectivity index (χ4n) is 5.46. The van der Waals surface area contributed by atoms with Crippen molar-refractivity contribution < 1.29 is 14.6 Å². The Morgan fingerprint density at radius 2 is 1.56 bits per heavy atom. The zero-order valence-electron chi connectivity index (χ0n) is 18.0. The topological polar surface area (TPSA) is 46.5 Å². The molecule has 1 aliphatic heterocycles. The van der Waals surface area contributed by atoms with Crippen LogP contribution in [0.4, 0.5) is 0 Å². The SMILES string of the molecule is CC1(C)c2ccccc2-c2c1c1c(c3ccccc23)OCC=C1c1ccc(C(=O)O)cc1. The van der Waals surface area contributed by atoms with E-state index in [4.69, 9.17) is 4.74 Å². The minimum atomic E-state index is -0.915. The predicted molar refractivity (Wildman–Crippen MR) is 127 cm³/mol. The normalized spacial score (nSPS) is 15.4. The number of carboxylic acids is 1. The molecule has 3 nitrogen and oxygen atoms in total. The van der Waals surface area contributed by atoms with Gasteiger partial charge in [0.1, 0.15) is 12.4 Å². The molecule has 0 radical (unpaired) electrons. The van der Waals surface area contributed by atoms with Crippen LogP contribution in [0.1, 0.15) is 46.5 Å². The van der Waals surface area contributed by atoms with Gasteiger partial charge in [0.25, 0.3) is 0 Å². The Balaban J connectivity index is 1.71. The predicted octanol–water partition coefficient (Wildman–Crippen LogP) is 6.67. The first-order valence-corrected chi connectivity index (χ1v) is 10.8. The van der Waals surface area contributed by atoms with Crippen molar-refractivity contribution in [2.24, 2.45) is 0 Å². The van der Waals surface area contributed by atoms with Crippen molar-refractivity contribution in [3.8, 4) is 16.9 Å². The zero-order chi connectivity index (χ0) is 22.0. The second-order valence-corrected chi connectivity index (χ2v) is 8.98. The highest BCUT2D eigenvalue weighted by molar-refractivity contribution is 6.10. The van der Waals surface area contributed by atoms with E-state index in [1.54, 1.807) is 12.1 Å². The van der Waals surface area contributed by atoms with E-state index in [9.17, 15) is 9.90 Å². The molecule has 0 amide bonds. The summed E-state index contributed by atoms with van der Waals surface area (Å²) in [6.45, 7) is 5.05. The van der Waals surface area contributed by atoms with E-state index in [-0.39, 0.29) is 11.0 Å². The molecule has 0 atom stereocenters. The summed E-state index contributed by atoms with van der Waals surface area (Å²) < 4.78 is 6.30. The maximum atomic E-state index is 11.4. The number of benzene rings is 4. The Morgan fingerprint density at radius 3 is 2.31 bits per heavy atom. The van der Waals surface area contributed by atoms with Crippen LogP contribution in [0, 0.1) is 0 Å². The standard InChI is InChI=1S/C29H22O3/c1-29(2)23-10-6-5-9-22(23)24-20-7-3-4-8-21(20)27-25(26(24)29)19(15-16-32-27)17-11-13-18(14-12-17)28(30)31/h3-15H,16H2,1-2H3,(H,30,31). The molecule has 0 saturated heterocycles. The summed E-state index contributed by atoms with van der Waals surface area (Å²) in [6.07, 6.45) is 2.12. The number of hydrogen-bond donors (Lipinski definition) is 1. The van der Waals surface area contributed by atoms with Crippen LogP contribution in [0.15, 0.2) is 78.9 Å². The number of carboxylic acid groups (broad SMARTS) is 1. The van der Waals surface area contributed by atoms with E-state index in [0.29, 0.717) is 6.61 Å². The first-order valence-electron chi connectivity index (χ1n) is 10.8. The molecule has 4 aromatic carbocycles. The summed E-state index contributed by atoms with van der Waals surface area (Å²) in [5.41, 5.74) is 8.47. The summed E-state index contributed by atoms with van der Waals surface area (Å²) in [7, 11) is 0. The fraction of sp³-hybridized carbons (Fsp3) is 0.138. The summed E-state index contributed by atoms with van der Waals surface area (Å²) in [5.74, 6) is 0.00131. The Hall–Kier alpha value is -3.85. The van der Waals surface area contributed by atoms with Crippen LogP contribution in [0.5, 0.6) is 5.75 Å². The molecule has 1 aliphatic carbocycles. The van der Waals surface area contributed by atoms with Gasteiger partial charge in [0.15, 0.2) is 0 Å². The number of aromatic carboxylic acids is 1. The molecule has 6 rings (SSSR count). The van der Waals surface area contributed by atoms with E-state index in [1.807, 2.05) is 12.1 Å². The minimum Gasteiger partial charge on any atom is -0.488 e. The molecule has 0 saturated carbocycles. The third-order valence-electron chi connectivity index (χ3n) is 6.89. The molecule has 1 heterocycles. The third-order valence-corrected chi connectivity index (χ3v) is 6.89. The number of carbonyl (C=O) groups is 1. The fourth-order valence-corrected chi connectivity index (χ4v) is 5.46. The van der Waals surface area contributed by atoms with E-state index in [1.165, 1.54) is 27.6 Å². The smallest absolute Gasteiger partial charge is 0.335 e. The molecule has 3 heteroatoms. The molecule has 4 aromatic rings. The van der Waals surface area contributed by atoms with E-state index in [2.05, 4.69) is 68.5 Å². The molecular formula is C29H22O3. The maximum Gasteiger partial charge on any atom is 0.335 e. The van der Waals surface area contributed by atoms with Crippen LogP contribution in [-0.4, -0.2) is 17.7 Å². The van der Waals surface area contributed by atoms with Gasteiger partial charge < -0.3 is 9.84 Å². The number of fused-ring (bicyclic) bond motifs is 8. The second kappa shape index (κ2) is 6.57. The highest BCUT2D eigenvalue weighted by atomic mass is 16.5. The average molecular weight is 418 g/mol. The van der Waals surface area contributed by atoms with Crippen molar-refractivity contribution in [2.45, 2.75) is 19.3 Å². The molecule has 32 heavy (non-hydrogen) atoms. The Labute approximate surface area is 186 Å². The summed E-state index contributed by atoms with van der Waals surface area (Å²) in [5, 5.41) is 11.6. The molecule has 0 unspecified atom stereocenters. The van der Waals surface area contributed by atoms with Gasteiger partial charge >= 0.3 is 5.97 Å². The van der Waals surface area contributed by atoms with Crippen molar-refractivity contribution in [1.29, 1.82) is 0 Å². The van der Waals surface area contributed by atoms with Crippen molar-refractivity contribution in [3.63, 3.8) is 0 Å². The Bertz CT molecular complexity index is 1460. The van der Waals surface area contributed by atoms with Crippen molar-refractivity contribution in [3.05, 3.63) is 107 Å². The van der Waals surface area contributed by atoms with Gasteiger partial charge in [-0.25, -0.2) is 4.79 Å². The van der Waals surface area contributed by atoms with Gasteiger partial charge in [-0.3, -0.25) is 0 Å². The Kier molecular flexibility index (Phi) is 3.88. The average Bonchev–Trinajstić information content (AvgIpc) is 3.06. The highest BCUT2D eigenvalue weighted by Crippen LogP contribution is 2.57. The van der Waals surface area contributed by atoms with Crippen LogP contribution in [0.2, 0.25) is 0 Å². The lowest BCUT2D eigenvalue weighted by Crippen LogP contribution is -2.19. The lowest BCUT2D eigenvalue weighted by atomic mass is 9.76. The molecule has 0 spiro atoms. The zero-order valence-corrected chi connectivity index (χ0v) is 18.0. The molecule has 2 aliphatic rings. The third kappa shape index (κ3) is 2.45. The van der Waals surface area contributed by atoms with Gasteiger partial charge in [0.05, 0.1) is 5.56 Å². The molecule has 0 fully saturated rings. The molecule has 0 bridgehead atoms. The van der Waals surface area contributed by atoms with Gasteiger partial charge in [-0.1, -0.05) is 74.5 Å². The van der Waals surface area contributed by atoms with Gasteiger partial charge in [0.2, 0.25) is 0 Å². The van der Waals surface area contributed by atoms with Gasteiger partial charge in [-0.05, 0) is 57.0 Å². The lowest BCUT2D eigenvalue weighted by molar-refractivity contribution is 0.0697. The van der Waals surface area contributed by atoms with E-state index < -0.39 is 5.97 Å². The second-order valence-electron chi connectivity index (χ2n) is 8.98. The monoisotopic (exact) mass is 418 g/mol. The maximum absolute atomic E-state index is 11.4. The van der Waals surface area contributed by atoms with Crippen molar-refractivity contribution >= 4 is 22.3 Å². The van der Waals surface area contributed by atoms with E-state index in [0.717, 1.165) is 27.8 Å². The number of rotatable bonds is 2. The molecule has 0 aromatic heterocycles. The number of ether oxygens (including phenoxy) is 1. The van der Waals surface area contributed by atoms with E-state index >= 15 is 0 Å². The summed E-state index contributed by atoms with van der Waals surface area (Å²) in [4.78, 5) is 11.4. The first-order chi connectivity index (χ1) is 15.5. The van der Waals surface area contributed by atoms with Crippen LogP contribution in [0.3, 0.4) is 0 Å². The molecular weight excluding hydrogens is 396 g/mol. The first kappa shape index (κ1) is 18.9. The Morgan fingerprint density at radius 1 is 0.875 bits per heavy atom. The lowest BCUT2D eigenvalue weighted by Gasteiger charge is -2.30. The number of hydrogen-bond acceptors (Lipinski definition) is 2. The van der Waals surface area contributed by atoms with Gasteiger partial charge in [0, 0.05) is 16.4 Å².